The van der Waals surface area contributed by atoms with E-state index >= 15 is 0 Å². The van der Waals surface area contributed by atoms with Crippen LogP contribution < -0.4 is 24.8 Å². The molecule has 0 heterocycles. The molecule has 30 heavy (non-hydrogen) atoms. The molecule has 0 spiro atoms. The lowest BCUT2D eigenvalue weighted by Crippen LogP contribution is -2.39. The van der Waals surface area contributed by atoms with E-state index in [4.69, 9.17) is 25.8 Å². The summed E-state index contributed by atoms with van der Waals surface area (Å²) in [5.41, 5.74) is 1.48. The van der Waals surface area contributed by atoms with Gasteiger partial charge in [0.1, 0.15) is 5.82 Å². The fraction of sp³-hybridized carbons (Fsp3) is 0.409. The maximum Gasteiger partial charge on any atom is 0.203 e. The molecule has 1 fully saturated rings. The first-order valence-corrected chi connectivity index (χ1v) is 10.2. The molecule has 0 radical (unpaired) electrons. The summed E-state index contributed by atoms with van der Waals surface area (Å²) < 4.78 is 30.3. The highest BCUT2D eigenvalue weighted by Gasteiger charge is 2.41. The number of hydrogen-bond donors (Lipinski definition) is 2. The number of aliphatic imine (C=N–C) groups is 1. The minimum atomic E-state index is -0.267. The van der Waals surface area contributed by atoms with Crippen LogP contribution >= 0.6 is 11.6 Å². The average molecular weight is 436 g/mol. The predicted octanol–water partition coefficient (Wildman–Crippen LogP) is 4.12. The van der Waals surface area contributed by atoms with Crippen LogP contribution in [-0.2, 0) is 6.54 Å². The van der Waals surface area contributed by atoms with Gasteiger partial charge in [-0.05, 0) is 43.2 Å². The molecule has 2 atom stereocenters. The minimum absolute atomic E-state index is 0.0312. The van der Waals surface area contributed by atoms with Crippen LogP contribution in [-0.4, -0.2) is 39.9 Å². The standard InChI is InChI=1S/C22H27ClFN3O3/c1-5-25-22(27-17-11-14(17)20-15(23)7-6-8-16(20)24)26-12-13-9-18(28-2)21(30-4)19(10-13)29-3/h6-10,14,17H,5,11-12H2,1-4H3,(H2,25,26,27). The van der Waals surface area contributed by atoms with E-state index in [1.165, 1.54) is 6.07 Å². The Balaban J connectivity index is 1.73. The van der Waals surface area contributed by atoms with Crippen LogP contribution in [0.1, 0.15) is 30.4 Å². The fourth-order valence-electron chi connectivity index (χ4n) is 3.43. The first-order valence-electron chi connectivity index (χ1n) is 9.80. The topological polar surface area (TPSA) is 64.1 Å². The number of nitrogens with one attached hydrogen (secondary N) is 2. The third-order valence-corrected chi connectivity index (χ3v) is 5.30. The monoisotopic (exact) mass is 435 g/mol. The Labute approximate surface area is 181 Å². The Kier molecular flexibility index (Phi) is 7.26. The van der Waals surface area contributed by atoms with Gasteiger partial charge in [0.05, 0.1) is 27.9 Å². The second kappa shape index (κ2) is 9.89. The molecule has 2 aromatic carbocycles. The lowest BCUT2D eigenvalue weighted by Gasteiger charge is -2.14. The summed E-state index contributed by atoms with van der Waals surface area (Å²) in [4.78, 5) is 4.66. The van der Waals surface area contributed by atoms with Gasteiger partial charge in [0.25, 0.3) is 0 Å². The third kappa shape index (κ3) is 4.90. The highest BCUT2D eigenvalue weighted by molar-refractivity contribution is 6.31. The van der Waals surface area contributed by atoms with Crippen LogP contribution in [0.25, 0.3) is 0 Å². The molecular weight excluding hydrogens is 409 g/mol. The second-order valence-corrected chi connectivity index (χ2v) is 7.36. The molecule has 2 N–H and O–H groups in total. The van der Waals surface area contributed by atoms with Crippen molar-refractivity contribution in [2.45, 2.75) is 31.8 Å². The van der Waals surface area contributed by atoms with E-state index in [9.17, 15) is 4.39 Å². The van der Waals surface area contributed by atoms with Gasteiger partial charge in [-0.1, -0.05) is 17.7 Å². The molecule has 1 aliphatic rings. The number of nitrogens with zero attached hydrogens (tertiary/aromatic N) is 1. The second-order valence-electron chi connectivity index (χ2n) is 6.96. The van der Waals surface area contributed by atoms with Crippen molar-refractivity contribution in [2.75, 3.05) is 27.9 Å². The Hall–Kier alpha value is -2.67. The first-order chi connectivity index (χ1) is 14.5. The van der Waals surface area contributed by atoms with Crippen LogP contribution in [0.5, 0.6) is 17.2 Å². The summed E-state index contributed by atoms with van der Waals surface area (Å²) in [6.45, 7) is 3.11. The summed E-state index contributed by atoms with van der Waals surface area (Å²) in [6.07, 6.45) is 0.801. The molecule has 3 rings (SSSR count). The van der Waals surface area contributed by atoms with Gasteiger partial charge in [0.15, 0.2) is 17.5 Å². The van der Waals surface area contributed by atoms with E-state index in [-0.39, 0.29) is 17.8 Å². The summed E-state index contributed by atoms with van der Waals surface area (Å²) in [5.74, 6) is 2.12. The maximum atomic E-state index is 14.2. The number of halogens is 2. The van der Waals surface area contributed by atoms with Crippen LogP contribution in [0.4, 0.5) is 4.39 Å². The average Bonchev–Trinajstić information content (AvgIpc) is 3.49. The zero-order valence-corrected chi connectivity index (χ0v) is 18.3. The molecule has 0 aliphatic heterocycles. The molecule has 162 valence electrons. The van der Waals surface area contributed by atoms with E-state index in [1.807, 2.05) is 19.1 Å². The lowest BCUT2D eigenvalue weighted by molar-refractivity contribution is 0.324. The van der Waals surface area contributed by atoms with Crippen LogP contribution in [0.15, 0.2) is 35.3 Å². The molecular formula is C22H27ClFN3O3. The van der Waals surface area contributed by atoms with E-state index in [2.05, 4.69) is 15.6 Å². The quantitative estimate of drug-likeness (QED) is 0.482. The van der Waals surface area contributed by atoms with Crippen LogP contribution in [0.3, 0.4) is 0 Å². The van der Waals surface area contributed by atoms with Crippen molar-refractivity contribution in [3.8, 4) is 17.2 Å². The number of ether oxygens (including phenoxy) is 3. The minimum Gasteiger partial charge on any atom is -0.493 e. The smallest absolute Gasteiger partial charge is 0.203 e. The van der Waals surface area contributed by atoms with Gasteiger partial charge in [0.2, 0.25) is 5.75 Å². The Morgan fingerprint density at radius 2 is 1.87 bits per heavy atom. The van der Waals surface area contributed by atoms with Gasteiger partial charge in [0, 0.05) is 29.1 Å². The molecule has 0 aromatic heterocycles. The predicted molar refractivity (Wildman–Crippen MR) is 117 cm³/mol. The number of benzene rings is 2. The molecule has 8 heteroatoms. The zero-order chi connectivity index (χ0) is 21.7. The highest BCUT2D eigenvalue weighted by atomic mass is 35.5. The van der Waals surface area contributed by atoms with Crippen molar-refractivity contribution in [1.82, 2.24) is 10.6 Å². The number of guanidine groups is 1. The van der Waals surface area contributed by atoms with Crippen molar-refractivity contribution in [1.29, 1.82) is 0 Å². The van der Waals surface area contributed by atoms with E-state index in [0.717, 1.165) is 12.0 Å². The highest BCUT2D eigenvalue weighted by Crippen LogP contribution is 2.45. The Morgan fingerprint density at radius 1 is 1.17 bits per heavy atom. The molecule has 2 unspecified atom stereocenters. The van der Waals surface area contributed by atoms with E-state index in [1.54, 1.807) is 33.5 Å². The number of rotatable bonds is 8. The summed E-state index contributed by atoms with van der Waals surface area (Å²) >= 11 is 6.20. The molecule has 2 aromatic rings. The molecule has 0 amide bonds. The molecule has 6 nitrogen and oxygen atoms in total. The Bertz CT molecular complexity index is 877. The number of methoxy groups -OCH3 is 3. The van der Waals surface area contributed by atoms with Gasteiger partial charge in [-0.2, -0.15) is 0 Å². The van der Waals surface area contributed by atoms with Crippen molar-refractivity contribution >= 4 is 17.6 Å². The lowest BCUT2D eigenvalue weighted by atomic mass is 10.1. The summed E-state index contributed by atoms with van der Waals surface area (Å²) in [6, 6.07) is 8.60. The molecule has 0 saturated heterocycles. The third-order valence-electron chi connectivity index (χ3n) is 4.97. The number of hydrogen-bond acceptors (Lipinski definition) is 4. The van der Waals surface area contributed by atoms with Crippen molar-refractivity contribution < 1.29 is 18.6 Å². The summed E-state index contributed by atoms with van der Waals surface area (Å²) in [7, 11) is 4.73. The van der Waals surface area contributed by atoms with Crippen LogP contribution in [0.2, 0.25) is 5.02 Å². The fourth-order valence-corrected chi connectivity index (χ4v) is 3.73. The SMILES string of the molecule is CCNC(=NCc1cc(OC)c(OC)c(OC)c1)NC1CC1c1c(F)cccc1Cl. The van der Waals surface area contributed by atoms with Crippen molar-refractivity contribution in [3.63, 3.8) is 0 Å². The normalized spacial score (nSPS) is 18.0. The molecule has 1 saturated carbocycles. The van der Waals surface area contributed by atoms with Gasteiger partial charge in [-0.15, -0.1) is 0 Å². The van der Waals surface area contributed by atoms with Gasteiger partial charge in [-0.3, -0.25) is 0 Å². The van der Waals surface area contributed by atoms with Gasteiger partial charge in [-0.25, -0.2) is 9.38 Å². The van der Waals surface area contributed by atoms with Crippen molar-refractivity contribution in [2.24, 2.45) is 4.99 Å². The van der Waals surface area contributed by atoms with Crippen LogP contribution in [0, 0.1) is 5.82 Å². The summed E-state index contributed by atoms with van der Waals surface area (Å²) in [5, 5.41) is 7.06. The van der Waals surface area contributed by atoms with Gasteiger partial charge >= 0.3 is 0 Å². The first kappa shape index (κ1) is 22.0. The van der Waals surface area contributed by atoms with E-state index < -0.39 is 0 Å². The molecule has 1 aliphatic carbocycles. The van der Waals surface area contributed by atoms with Crippen molar-refractivity contribution in [3.05, 3.63) is 52.3 Å². The van der Waals surface area contributed by atoms with Gasteiger partial charge < -0.3 is 24.8 Å². The molecule has 0 bridgehead atoms. The maximum absolute atomic E-state index is 14.2. The van der Waals surface area contributed by atoms with E-state index in [0.29, 0.717) is 46.9 Å². The Morgan fingerprint density at radius 3 is 2.43 bits per heavy atom. The zero-order valence-electron chi connectivity index (χ0n) is 17.6. The largest absolute Gasteiger partial charge is 0.493 e.